The van der Waals surface area contributed by atoms with Gasteiger partial charge in [-0.15, -0.1) is 5.10 Å². The minimum absolute atomic E-state index is 0.581. The van der Waals surface area contributed by atoms with E-state index in [2.05, 4.69) is 74.3 Å². The molecule has 0 atom stereocenters. The molecule has 33 heavy (non-hydrogen) atoms. The van der Waals surface area contributed by atoms with Crippen molar-refractivity contribution < 1.29 is 4.58 Å². The van der Waals surface area contributed by atoms with E-state index in [0.717, 1.165) is 41.5 Å². The van der Waals surface area contributed by atoms with Crippen molar-refractivity contribution in [2.45, 2.75) is 38.0 Å². The lowest BCUT2D eigenvalue weighted by Crippen LogP contribution is -2.43. The Balaban J connectivity index is 1.39. The molecule has 3 aromatic rings. The summed E-state index contributed by atoms with van der Waals surface area (Å²) in [7, 11) is 2.21. The molecule has 2 aromatic heterocycles. The highest BCUT2D eigenvalue weighted by Gasteiger charge is 2.40. The Kier molecular flexibility index (Phi) is 4.16. The molecule has 1 saturated carbocycles. The summed E-state index contributed by atoms with van der Waals surface area (Å²) in [5, 5.41) is 8.92. The van der Waals surface area contributed by atoms with Gasteiger partial charge in [0.15, 0.2) is 0 Å². The van der Waals surface area contributed by atoms with Gasteiger partial charge in [0, 0.05) is 28.9 Å². The van der Waals surface area contributed by atoms with E-state index in [9.17, 15) is 0 Å². The molecule has 0 spiro atoms. The zero-order valence-electron chi connectivity index (χ0n) is 18.6. The molecule has 0 amide bonds. The zero-order valence-corrected chi connectivity index (χ0v) is 18.6. The van der Waals surface area contributed by atoms with Gasteiger partial charge in [-0.05, 0) is 68.0 Å². The van der Waals surface area contributed by atoms with Crippen molar-refractivity contribution in [2.75, 3.05) is 18.8 Å². The van der Waals surface area contributed by atoms with Crippen molar-refractivity contribution in [3.05, 3.63) is 77.4 Å². The summed E-state index contributed by atoms with van der Waals surface area (Å²) in [6.45, 7) is 2.21. The van der Waals surface area contributed by atoms with Gasteiger partial charge in [-0.3, -0.25) is 9.39 Å². The molecular weight excluding hydrogens is 409 g/mol. The van der Waals surface area contributed by atoms with Gasteiger partial charge in [-0.25, -0.2) is 4.68 Å². The third-order valence-electron chi connectivity index (χ3n) is 7.16. The average molecular weight is 435 g/mol. The van der Waals surface area contributed by atoms with Crippen LogP contribution in [-0.4, -0.2) is 55.3 Å². The molecule has 7 rings (SSSR count). The number of amidine groups is 1. The molecule has 7 nitrogen and oxygen atoms in total. The Hall–Kier alpha value is -3.55. The molecule has 0 unspecified atom stereocenters. The minimum Gasteiger partial charge on any atom is -0.399 e. The summed E-state index contributed by atoms with van der Waals surface area (Å²) < 4.78 is 6.68. The fourth-order valence-corrected chi connectivity index (χ4v) is 5.24. The smallest absolute Gasteiger partial charge is 0.399 e. The van der Waals surface area contributed by atoms with Gasteiger partial charge in [-0.1, -0.05) is 17.3 Å². The fraction of sp³-hybridized carbons (Fsp3) is 0.320. The predicted octanol–water partition coefficient (Wildman–Crippen LogP) is 3.15. The maximum atomic E-state index is 6.01. The van der Waals surface area contributed by atoms with Gasteiger partial charge in [0.25, 0.3) is 5.84 Å². The summed E-state index contributed by atoms with van der Waals surface area (Å²) in [5.41, 5.74) is 12.6. The summed E-state index contributed by atoms with van der Waals surface area (Å²) in [4.78, 5) is 2.34. The highest BCUT2D eigenvalue weighted by molar-refractivity contribution is 6.40. The fourth-order valence-electron chi connectivity index (χ4n) is 5.24. The lowest BCUT2D eigenvalue weighted by atomic mass is 9.91. The zero-order chi connectivity index (χ0) is 21.9. The van der Waals surface area contributed by atoms with Crippen LogP contribution in [0.1, 0.15) is 55.0 Å². The van der Waals surface area contributed by atoms with Crippen LogP contribution in [0.25, 0.3) is 11.4 Å². The molecule has 5 heterocycles. The standard InChI is InChI=1S/C25H25BN7/c27-19-8-6-18(7-9-19)25-21-10-12-23(30-14-2-1-3-15-30)32(21)26-33-22(25)11-13-24(33)31-16-20(28-29-31)17-4-5-17/h6-13,16-17,27H,1-5,14-15H2/p+1. The number of benzene rings is 1. The third kappa shape index (κ3) is 3.08. The molecule has 4 aliphatic rings. The summed E-state index contributed by atoms with van der Waals surface area (Å²) >= 11 is 0. The van der Waals surface area contributed by atoms with Crippen LogP contribution in [-0.2, 0) is 0 Å². The Morgan fingerprint density at radius 1 is 0.970 bits per heavy atom. The van der Waals surface area contributed by atoms with Gasteiger partial charge in [0.05, 0.1) is 25.0 Å². The molecule has 163 valence electrons. The molecule has 0 bridgehead atoms. The maximum absolute atomic E-state index is 6.01. The Bertz CT molecular complexity index is 1330. The van der Waals surface area contributed by atoms with Crippen molar-refractivity contribution in [1.29, 1.82) is 0 Å². The van der Waals surface area contributed by atoms with Crippen molar-refractivity contribution in [3.8, 4) is 5.82 Å². The number of fused-ring (bicyclic) bond motifs is 2. The number of hydrogen-bond acceptors (Lipinski definition) is 3. The second-order valence-corrected chi connectivity index (χ2v) is 9.42. The molecule has 3 aliphatic heterocycles. The van der Waals surface area contributed by atoms with E-state index < -0.39 is 0 Å². The van der Waals surface area contributed by atoms with E-state index in [1.165, 1.54) is 49.2 Å². The molecule has 1 aromatic carbocycles. The number of nitrogen functional groups attached to an aromatic ring is 1. The van der Waals surface area contributed by atoms with Gasteiger partial charge >= 0.3 is 7.55 Å². The Labute approximate surface area is 193 Å². The lowest BCUT2D eigenvalue weighted by Gasteiger charge is -2.27. The van der Waals surface area contributed by atoms with Crippen LogP contribution in [0.5, 0.6) is 0 Å². The van der Waals surface area contributed by atoms with E-state index in [0.29, 0.717) is 5.92 Å². The number of nitrogens with zero attached hydrogens (tertiary/aromatic N) is 6. The van der Waals surface area contributed by atoms with E-state index in [1.807, 2.05) is 16.8 Å². The number of aromatic nitrogens is 4. The second kappa shape index (κ2) is 7.23. The lowest BCUT2D eigenvalue weighted by molar-refractivity contribution is -0.539. The normalized spacial score (nSPS) is 19.7. The topological polar surface area (TPSA) is 67.9 Å². The first-order valence-corrected chi connectivity index (χ1v) is 11.9. The van der Waals surface area contributed by atoms with Crippen LogP contribution in [0.15, 0.2) is 60.4 Å². The SMILES string of the molecule is Nc1ccc(C2=C3C=CC(=[N+]4CCCCC4)N3[B]n3c2ccc3-n2cc(C3CC3)nn2)cc1. The summed E-state index contributed by atoms with van der Waals surface area (Å²) in [6, 6.07) is 12.5. The number of rotatable bonds is 3. The molecule has 8 heteroatoms. The number of hydrogen-bond donors (Lipinski definition) is 1. The van der Waals surface area contributed by atoms with Crippen LogP contribution >= 0.6 is 0 Å². The predicted molar refractivity (Wildman–Crippen MR) is 129 cm³/mol. The second-order valence-electron chi connectivity index (χ2n) is 9.42. The minimum atomic E-state index is 0.581. The first-order valence-electron chi connectivity index (χ1n) is 11.9. The molecule has 2 fully saturated rings. The molecule has 2 N–H and O–H groups in total. The number of nitrogens with two attached hydrogens (primary N) is 1. The van der Waals surface area contributed by atoms with Gasteiger partial charge in [-0.2, -0.15) is 0 Å². The largest absolute Gasteiger partial charge is 0.553 e. The number of piperidine rings is 1. The quantitative estimate of drug-likeness (QED) is 0.390. The molecular formula is C25H26BN7+. The number of anilines is 1. The molecule has 1 saturated heterocycles. The van der Waals surface area contributed by atoms with Crippen LogP contribution in [0, 0.1) is 0 Å². The van der Waals surface area contributed by atoms with Crippen molar-refractivity contribution in [3.63, 3.8) is 0 Å². The average Bonchev–Trinajstić information content (AvgIpc) is 3.24. The highest BCUT2D eigenvalue weighted by Crippen LogP contribution is 2.40. The van der Waals surface area contributed by atoms with E-state index >= 15 is 0 Å². The highest BCUT2D eigenvalue weighted by atomic mass is 15.5. The summed E-state index contributed by atoms with van der Waals surface area (Å²) in [6.07, 6.45) is 12.9. The first kappa shape index (κ1) is 19.0. The van der Waals surface area contributed by atoms with Crippen LogP contribution in [0.4, 0.5) is 5.69 Å². The molecule has 1 radical (unpaired) electrons. The van der Waals surface area contributed by atoms with Crippen molar-refractivity contribution >= 4 is 24.6 Å². The third-order valence-corrected chi connectivity index (χ3v) is 7.16. The Morgan fingerprint density at radius 3 is 2.58 bits per heavy atom. The van der Waals surface area contributed by atoms with Gasteiger partial charge < -0.3 is 10.2 Å². The van der Waals surface area contributed by atoms with Crippen LogP contribution < -0.4 is 5.73 Å². The monoisotopic (exact) mass is 435 g/mol. The van der Waals surface area contributed by atoms with E-state index in [4.69, 9.17) is 5.73 Å². The summed E-state index contributed by atoms with van der Waals surface area (Å²) in [5.74, 6) is 2.83. The van der Waals surface area contributed by atoms with E-state index in [-0.39, 0.29) is 0 Å². The van der Waals surface area contributed by atoms with Gasteiger partial charge in [0.1, 0.15) is 11.5 Å². The van der Waals surface area contributed by atoms with Crippen LogP contribution in [0.3, 0.4) is 0 Å². The van der Waals surface area contributed by atoms with Crippen molar-refractivity contribution in [2.24, 2.45) is 0 Å². The van der Waals surface area contributed by atoms with Gasteiger partial charge in [0.2, 0.25) is 0 Å². The maximum Gasteiger partial charge on any atom is 0.553 e. The van der Waals surface area contributed by atoms with Crippen molar-refractivity contribution in [1.82, 2.24) is 24.3 Å². The Morgan fingerprint density at radius 2 is 1.79 bits per heavy atom. The van der Waals surface area contributed by atoms with Crippen LogP contribution in [0.2, 0.25) is 0 Å². The van der Waals surface area contributed by atoms with E-state index in [1.54, 1.807) is 0 Å². The number of allylic oxidation sites excluding steroid dienone is 1. The first-order chi connectivity index (χ1) is 16.3. The molecule has 1 aliphatic carbocycles.